The van der Waals surface area contributed by atoms with Gasteiger partial charge in [0.15, 0.2) is 0 Å². The number of rotatable bonds is 4. The zero-order valence-corrected chi connectivity index (χ0v) is 14.2. The van der Waals surface area contributed by atoms with Crippen molar-refractivity contribution in [3.05, 3.63) is 65.0 Å². The van der Waals surface area contributed by atoms with E-state index in [2.05, 4.69) is 17.4 Å². The molecule has 0 fully saturated rings. The number of halogens is 1. The van der Waals surface area contributed by atoms with Gasteiger partial charge in [-0.25, -0.2) is 9.18 Å². The highest BCUT2D eigenvalue weighted by atomic mass is 19.1. The minimum absolute atomic E-state index is 0.0645. The molecule has 0 saturated heterocycles. The molecule has 24 heavy (non-hydrogen) atoms. The molecule has 0 heterocycles. The van der Waals surface area contributed by atoms with Gasteiger partial charge in [0, 0.05) is 6.54 Å². The quantitative estimate of drug-likeness (QED) is 0.836. The lowest BCUT2D eigenvalue weighted by atomic mass is 10.1. The summed E-state index contributed by atoms with van der Waals surface area (Å²) < 4.78 is 14.0. The van der Waals surface area contributed by atoms with Gasteiger partial charge >= 0.3 is 6.03 Å². The number of fused-ring (bicyclic) bond motifs is 1. The normalized spacial score (nSPS) is 15.9. The minimum atomic E-state index is -0.397. The maximum absolute atomic E-state index is 14.0. The first kappa shape index (κ1) is 16.5. The fourth-order valence-corrected chi connectivity index (χ4v) is 3.41. The van der Waals surface area contributed by atoms with Crippen LogP contribution in [0.4, 0.5) is 14.9 Å². The molecule has 3 nitrogen and oxygen atoms in total. The number of carbonyl (C=O) groups excluding carboxylic acids is 1. The van der Waals surface area contributed by atoms with E-state index in [0.29, 0.717) is 6.54 Å². The van der Waals surface area contributed by atoms with Crippen molar-refractivity contribution in [2.45, 2.75) is 39.2 Å². The molecule has 0 saturated carbocycles. The van der Waals surface area contributed by atoms with Gasteiger partial charge < -0.3 is 10.2 Å². The molecule has 0 spiro atoms. The second-order valence-corrected chi connectivity index (χ2v) is 6.36. The van der Waals surface area contributed by atoms with E-state index >= 15 is 0 Å². The van der Waals surface area contributed by atoms with Crippen LogP contribution in [0.5, 0.6) is 0 Å². The SMILES string of the molecule is CCCN(C(=O)Nc1ccc(C)cc1F)[C@@H]1CCc2ccccc21. The Hall–Kier alpha value is -2.36. The summed E-state index contributed by atoms with van der Waals surface area (Å²) in [4.78, 5) is 14.6. The number of hydrogen-bond donors (Lipinski definition) is 1. The van der Waals surface area contributed by atoms with Gasteiger partial charge in [-0.3, -0.25) is 0 Å². The molecular formula is C20H23FN2O. The number of anilines is 1. The summed E-state index contributed by atoms with van der Waals surface area (Å²) in [6, 6.07) is 12.9. The maximum Gasteiger partial charge on any atom is 0.322 e. The van der Waals surface area contributed by atoms with Crippen LogP contribution in [-0.4, -0.2) is 17.5 Å². The van der Waals surface area contributed by atoms with E-state index in [1.807, 2.05) is 30.9 Å². The number of nitrogens with one attached hydrogen (secondary N) is 1. The van der Waals surface area contributed by atoms with Gasteiger partial charge in [0.2, 0.25) is 0 Å². The Kier molecular flexibility index (Phi) is 4.84. The summed E-state index contributed by atoms with van der Waals surface area (Å²) in [6.07, 6.45) is 2.76. The summed E-state index contributed by atoms with van der Waals surface area (Å²) in [5, 5.41) is 2.74. The second kappa shape index (κ2) is 7.04. The third-order valence-electron chi connectivity index (χ3n) is 4.57. The summed E-state index contributed by atoms with van der Waals surface area (Å²) in [5.41, 5.74) is 3.59. The molecule has 1 aliphatic rings. The predicted octanol–water partition coefficient (Wildman–Crippen LogP) is 5.07. The van der Waals surface area contributed by atoms with Crippen molar-refractivity contribution >= 4 is 11.7 Å². The number of urea groups is 1. The highest BCUT2D eigenvalue weighted by molar-refractivity contribution is 5.90. The molecule has 1 aliphatic carbocycles. The molecule has 126 valence electrons. The van der Waals surface area contributed by atoms with Gasteiger partial charge in [-0.05, 0) is 55.0 Å². The number of amides is 2. The van der Waals surface area contributed by atoms with Gasteiger partial charge in [0.05, 0.1) is 11.7 Å². The lowest BCUT2D eigenvalue weighted by Gasteiger charge is -2.29. The average molecular weight is 326 g/mol. The Morgan fingerprint density at radius 3 is 2.83 bits per heavy atom. The third kappa shape index (κ3) is 3.28. The van der Waals surface area contributed by atoms with Gasteiger partial charge in [-0.15, -0.1) is 0 Å². The largest absolute Gasteiger partial charge is 0.322 e. The Morgan fingerprint density at radius 1 is 1.29 bits per heavy atom. The monoisotopic (exact) mass is 326 g/mol. The molecule has 1 N–H and O–H groups in total. The van der Waals surface area contributed by atoms with Crippen LogP contribution in [-0.2, 0) is 6.42 Å². The van der Waals surface area contributed by atoms with Crippen LogP contribution in [0.2, 0.25) is 0 Å². The molecule has 4 heteroatoms. The number of nitrogens with zero attached hydrogens (tertiary/aromatic N) is 1. The Balaban J connectivity index is 1.82. The van der Waals surface area contributed by atoms with E-state index < -0.39 is 5.82 Å². The molecule has 2 aromatic carbocycles. The highest BCUT2D eigenvalue weighted by Gasteiger charge is 2.30. The molecule has 2 amide bonds. The predicted molar refractivity (Wildman–Crippen MR) is 94.7 cm³/mol. The van der Waals surface area contributed by atoms with Crippen molar-refractivity contribution in [1.29, 1.82) is 0 Å². The highest BCUT2D eigenvalue weighted by Crippen LogP contribution is 2.36. The number of carbonyl (C=O) groups is 1. The van der Waals surface area contributed by atoms with Crippen LogP contribution in [0.25, 0.3) is 0 Å². The molecule has 0 radical (unpaired) electrons. The summed E-state index contributed by atoms with van der Waals surface area (Å²) in [5.74, 6) is -0.397. The first-order chi connectivity index (χ1) is 11.6. The molecule has 2 aromatic rings. The van der Waals surface area contributed by atoms with Crippen LogP contribution in [0, 0.1) is 12.7 Å². The Labute approximate surface area is 142 Å². The lowest BCUT2D eigenvalue weighted by Crippen LogP contribution is -2.38. The van der Waals surface area contributed by atoms with Crippen LogP contribution in [0.1, 0.15) is 42.5 Å². The number of benzene rings is 2. The van der Waals surface area contributed by atoms with Crippen molar-refractivity contribution in [2.24, 2.45) is 0 Å². The average Bonchev–Trinajstić information content (AvgIpc) is 2.99. The van der Waals surface area contributed by atoms with Crippen LogP contribution in [0.15, 0.2) is 42.5 Å². The third-order valence-corrected chi connectivity index (χ3v) is 4.57. The van der Waals surface area contributed by atoms with Crippen LogP contribution >= 0.6 is 0 Å². The van der Waals surface area contributed by atoms with Crippen molar-refractivity contribution in [3.8, 4) is 0 Å². The van der Waals surface area contributed by atoms with Gasteiger partial charge in [-0.2, -0.15) is 0 Å². The standard InChI is InChI=1S/C20H23FN2O/c1-3-12-23(19-11-9-15-6-4-5-7-16(15)19)20(24)22-18-10-8-14(2)13-17(18)21/h4-8,10,13,19H,3,9,11-12H2,1-2H3,(H,22,24)/t19-/m1/s1. The first-order valence-electron chi connectivity index (χ1n) is 8.51. The first-order valence-corrected chi connectivity index (χ1v) is 8.51. The summed E-state index contributed by atoms with van der Waals surface area (Å²) in [6.45, 7) is 4.53. The molecule has 1 atom stereocenters. The summed E-state index contributed by atoms with van der Waals surface area (Å²) >= 11 is 0. The zero-order valence-electron chi connectivity index (χ0n) is 14.2. The van der Waals surface area contributed by atoms with Gasteiger partial charge in [-0.1, -0.05) is 37.3 Å². The minimum Gasteiger partial charge on any atom is -0.317 e. The van der Waals surface area contributed by atoms with E-state index in [-0.39, 0.29) is 17.8 Å². The molecule has 0 bridgehead atoms. The topological polar surface area (TPSA) is 32.3 Å². The Bertz CT molecular complexity index is 744. The van der Waals surface area contributed by atoms with Gasteiger partial charge in [0.25, 0.3) is 0 Å². The zero-order chi connectivity index (χ0) is 17.1. The van der Waals surface area contributed by atoms with Gasteiger partial charge in [0.1, 0.15) is 5.82 Å². The van der Waals surface area contributed by atoms with E-state index in [1.165, 1.54) is 17.2 Å². The van der Waals surface area contributed by atoms with E-state index in [4.69, 9.17) is 0 Å². The van der Waals surface area contributed by atoms with E-state index in [0.717, 1.165) is 24.8 Å². The molecule has 3 rings (SSSR count). The smallest absolute Gasteiger partial charge is 0.317 e. The van der Waals surface area contributed by atoms with Crippen molar-refractivity contribution in [1.82, 2.24) is 4.90 Å². The molecular weight excluding hydrogens is 303 g/mol. The number of hydrogen-bond acceptors (Lipinski definition) is 1. The number of aryl methyl sites for hydroxylation is 2. The fourth-order valence-electron chi connectivity index (χ4n) is 3.41. The Morgan fingerprint density at radius 2 is 2.08 bits per heavy atom. The van der Waals surface area contributed by atoms with Crippen molar-refractivity contribution < 1.29 is 9.18 Å². The van der Waals surface area contributed by atoms with Crippen LogP contribution < -0.4 is 5.32 Å². The fraction of sp³-hybridized carbons (Fsp3) is 0.350. The summed E-state index contributed by atoms with van der Waals surface area (Å²) in [7, 11) is 0. The molecule has 0 unspecified atom stereocenters. The molecule has 0 aliphatic heterocycles. The maximum atomic E-state index is 14.0. The van der Waals surface area contributed by atoms with Crippen molar-refractivity contribution in [3.63, 3.8) is 0 Å². The van der Waals surface area contributed by atoms with E-state index in [1.54, 1.807) is 12.1 Å². The lowest BCUT2D eigenvalue weighted by molar-refractivity contribution is 0.187. The van der Waals surface area contributed by atoms with E-state index in [9.17, 15) is 9.18 Å². The second-order valence-electron chi connectivity index (χ2n) is 6.36. The molecule has 0 aromatic heterocycles. The van der Waals surface area contributed by atoms with Crippen molar-refractivity contribution in [2.75, 3.05) is 11.9 Å². The van der Waals surface area contributed by atoms with Crippen LogP contribution in [0.3, 0.4) is 0 Å².